The molecule has 0 unspecified atom stereocenters. The van der Waals surface area contributed by atoms with Crippen molar-refractivity contribution in [2.45, 2.75) is 20.1 Å². The van der Waals surface area contributed by atoms with Gasteiger partial charge in [0.2, 0.25) is 5.89 Å². The lowest BCUT2D eigenvalue weighted by Gasteiger charge is -2.05. The maximum atomic E-state index is 13.3. The monoisotopic (exact) mass is 442 g/mol. The summed E-state index contributed by atoms with van der Waals surface area (Å²) in [5.74, 6) is 1.86. The summed E-state index contributed by atoms with van der Waals surface area (Å²) >= 11 is 0. The second kappa shape index (κ2) is 8.40. The topological polar surface area (TPSA) is 94.8 Å². The molecule has 33 heavy (non-hydrogen) atoms. The van der Waals surface area contributed by atoms with Crippen molar-refractivity contribution in [2.75, 3.05) is 7.11 Å². The van der Waals surface area contributed by atoms with E-state index in [2.05, 4.69) is 10.1 Å². The molecular weight excluding hydrogens is 420 g/mol. The number of fused-ring (bicyclic) bond motifs is 1. The highest BCUT2D eigenvalue weighted by atomic mass is 16.5. The highest BCUT2D eigenvalue weighted by Crippen LogP contribution is 2.26. The molecule has 0 saturated heterocycles. The third kappa shape index (κ3) is 3.70. The van der Waals surface area contributed by atoms with E-state index in [1.165, 1.54) is 4.52 Å². The van der Waals surface area contributed by atoms with Crippen molar-refractivity contribution < 1.29 is 14.3 Å². The van der Waals surface area contributed by atoms with E-state index in [1.54, 1.807) is 24.1 Å². The van der Waals surface area contributed by atoms with Crippen LogP contribution < -0.4 is 10.3 Å². The van der Waals surface area contributed by atoms with Gasteiger partial charge < -0.3 is 18.8 Å². The van der Waals surface area contributed by atoms with Crippen LogP contribution in [0.2, 0.25) is 0 Å². The van der Waals surface area contributed by atoms with Gasteiger partial charge in [0.15, 0.2) is 0 Å². The van der Waals surface area contributed by atoms with E-state index in [1.807, 2.05) is 61.5 Å². The van der Waals surface area contributed by atoms with Crippen molar-refractivity contribution in [1.82, 2.24) is 19.2 Å². The van der Waals surface area contributed by atoms with Crippen molar-refractivity contribution in [2.24, 2.45) is 0 Å². The van der Waals surface area contributed by atoms with Crippen molar-refractivity contribution >= 4 is 5.52 Å². The Kier molecular flexibility index (Phi) is 5.27. The van der Waals surface area contributed by atoms with Gasteiger partial charge in [-0.3, -0.25) is 4.79 Å². The molecule has 0 amide bonds. The number of methoxy groups -OCH3 is 1. The Balaban J connectivity index is 1.53. The number of hydrogen-bond donors (Lipinski definition) is 1. The SMILES string of the molecule is COc1ccc(-c2nc(Cn3ccn4nc(-c5ccccc5)c(CO)c4c3=O)c(C)o2)cc1. The van der Waals surface area contributed by atoms with Gasteiger partial charge in [-0.2, -0.15) is 5.10 Å². The van der Waals surface area contributed by atoms with Gasteiger partial charge in [-0.1, -0.05) is 30.3 Å². The van der Waals surface area contributed by atoms with E-state index < -0.39 is 0 Å². The van der Waals surface area contributed by atoms with E-state index in [4.69, 9.17) is 9.15 Å². The molecule has 1 N–H and O–H groups in total. The number of aryl methyl sites for hydroxylation is 1. The molecule has 2 aromatic carbocycles. The minimum atomic E-state index is -0.294. The van der Waals surface area contributed by atoms with Crippen LogP contribution in [-0.4, -0.2) is 31.4 Å². The van der Waals surface area contributed by atoms with Crippen LogP contribution in [0.25, 0.3) is 28.2 Å². The van der Waals surface area contributed by atoms with E-state index in [0.29, 0.717) is 34.1 Å². The van der Waals surface area contributed by atoms with Crippen molar-refractivity contribution in [3.8, 4) is 28.5 Å². The van der Waals surface area contributed by atoms with Crippen molar-refractivity contribution in [3.63, 3.8) is 0 Å². The number of aliphatic hydroxyl groups excluding tert-OH is 1. The smallest absolute Gasteiger partial charge is 0.277 e. The fourth-order valence-corrected chi connectivity index (χ4v) is 3.85. The maximum Gasteiger partial charge on any atom is 0.277 e. The van der Waals surface area contributed by atoms with E-state index in [-0.39, 0.29) is 18.7 Å². The average molecular weight is 442 g/mol. The molecule has 8 heteroatoms. The molecule has 0 aliphatic heterocycles. The molecule has 3 aromatic heterocycles. The summed E-state index contributed by atoms with van der Waals surface area (Å²) in [5, 5.41) is 14.6. The Bertz CT molecular complexity index is 1480. The largest absolute Gasteiger partial charge is 0.497 e. The molecule has 0 bridgehead atoms. The quantitative estimate of drug-likeness (QED) is 0.431. The third-order valence-electron chi connectivity index (χ3n) is 5.61. The summed E-state index contributed by atoms with van der Waals surface area (Å²) in [7, 11) is 1.61. The number of rotatable bonds is 6. The van der Waals surface area contributed by atoms with Gasteiger partial charge in [0, 0.05) is 29.1 Å². The zero-order chi connectivity index (χ0) is 22.9. The summed E-state index contributed by atoms with van der Waals surface area (Å²) in [6.45, 7) is 1.76. The molecule has 0 radical (unpaired) electrons. The molecule has 0 saturated carbocycles. The molecule has 5 rings (SSSR count). The Morgan fingerprint density at radius 3 is 2.48 bits per heavy atom. The lowest BCUT2D eigenvalue weighted by atomic mass is 10.1. The molecule has 0 atom stereocenters. The third-order valence-corrected chi connectivity index (χ3v) is 5.61. The summed E-state index contributed by atoms with van der Waals surface area (Å²) < 4.78 is 14.1. The summed E-state index contributed by atoms with van der Waals surface area (Å²) in [6.07, 6.45) is 3.38. The lowest BCUT2D eigenvalue weighted by Crippen LogP contribution is -2.23. The lowest BCUT2D eigenvalue weighted by molar-refractivity contribution is 0.283. The summed E-state index contributed by atoms with van der Waals surface area (Å²) in [5.41, 5.74) is 3.48. The van der Waals surface area contributed by atoms with Gasteiger partial charge in [0.1, 0.15) is 22.7 Å². The predicted molar refractivity (Wildman–Crippen MR) is 123 cm³/mol. The van der Waals surface area contributed by atoms with Crippen LogP contribution >= 0.6 is 0 Å². The molecule has 0 fully saturated rings. The molecule has 0 aliphatic carbocycles. The first-order chi connectivity index (χ1) is 16.1. The number of aromatic nitrogens is 4. The van der Waals surface area contributed by atoms with E-state index >= 15 is 0 Å². The minimum Gasteiger partial charge on any atom is -0.497 e. The van der Waals surface area contributed by atoms with Gasteiger partial charge in [-0.05, 0) is 31.2 Å². The average Bonchev–Trinajstić information content (AvgIpc) is 3.42. The Hall–Kier alpha value is -4.17. The van der Waals surface area contributed by atoms with Gasteiger partial charge in [0.05, 0.1) is 26.0 Å². The summed E-state index contributed by atoms with van der Waals surface area (Å²) in [6, 6.07) is 16.9. The van der Waals surface area contributed by atoms with Crippen molar-refractivity contribution in [3.05, 3.63) is 94.4 Å². The van der Waals surface area contributed by atoms with Crippen LogP contribution in [0.15, 0.2) is 76.2 Å². The first kappa shape index (κ1) is 20.7. The molecule has 3 heterocycles. The number of benzene rings is 2. The standard InChI is InChI=1S/C25H22N4O4/c1-16-21(26-24(33-16)18-8-10-19(32-2)11-9-18)14-28-12-13-29-23(25(28)31)20(15-30)22(27-29)17-6-4-3-5-7-17/h3-13,30H,14-15H2,1-2H3. The van der Waals surface area contributed by atoms with E-state index in [0.717, 1.165) is 16.9 Å². The second-order valence-electron chi connectivity index (χ2n) is 7.63. The van der Waals surface area contributed by atoms with Gasteiger partial charge in [0.25, 0.3) is 5.56 Å². The van der Waals surface area contributed by atoms with Crippen LogP contribution in [0.5, 0.6) is 5.75 Å². The first-order valence-corrected chi connectivity index (χ1v) is 10.5. The van der Waals surface area contributed by atoms with Crippen LogP contribution in [0.4, 0.5) is 0 Å². The Morgan fingerprint density at radius 1 is 1.03 bits per heavy atom. The number of hydrogen-bond acceptors (Lipinski definition) is 6. The Morgan fingerprint density at radius 2 is 1.79 bits per heavy atom. The molecule has 0 spiro atoms. The number of oxazole rings is 1. The predicted octanol–water partition coefficient (Wildman–Crippen LogP) is 3.68. The van der Waals surface area contributed by atoms with E-state index in [9.17, 15) is 9.90 Å². The second-order valence-corrected chi connectivity index (χ2v) is 7.63. The number of ether oxygens (including phenoxy) is 1. The minimum absolute atomic E-state index is 0.234. The zero-order valence-electron chi connectivity index (χ0n) is 18.2. The Labute approximate surface area is 189 Å². The fourth-order valence-electron chi connectivity index (χ4n) is 3.85. The van der Waals surface area contributed by atoms with Crippen LogP contribution in [0, 0.1) is 6.92 Å². The zero-order valence-corrected chi connectivity index (χ0v) is 18.2. The highest BCUT2D eigenvalue weighted by molar-refractivity contribution is 5.72. The van der Waals surface area contributed by atoms with Crippen molar-refractivity contribution in [1.29, 1.82) is 0 Å². The highest BCUT2D eigenvalue weighted by Gasteiger charge is 2.19. The van der Waals surface area contributed by atoms with Crippen LogP contribution in [-0.2, 0) is 13.2 Å². The molecule has 0 aliphatic rings. The fraction of sp³-hybridized carbons (Fsp3) is 0.160. The van der Waals surface area contributed by atoms with Crippen LogP contribution in [0.3, 0.4) is 0 Å². The maximum absolute atomic E-state index is 13.3. The van der Waals surface area contributed by atoms with Gasteiger partial charge in [-0.15, -0.1) is 0 Å². The number of nitrogens with zero attached hydrogens (tertiary/aromatic N) is 4. The molecule has 5 aromatic rings. The van der Waals surface area contributed by atoms with Gasteiger partial charge >= 0.3 is 0 Å². The molecular formula is C25H22N4O4. The normalized spacial score (nSPS) is 11.2. The molecule has 166 valence electrons. The number of aliphatic hydroxyl groups is 1. The first-order valence-electron chi connectivity index (χ1n) is 10.5. The summed E-state index contributed by atoms with van der Waals surface area (Å²) in [4.78, 5) is 17.9. The van der Waals surface area contributed by atoms with Gasteiger partial charge in [-0.25, -0.2) is 9.50 Å². The molecule has 8 nitrogen and oxygen atoms in total. The van der Waals surface area contributed by atoms with Crippen LogP contribution in [0.1, 0.15) is 17.0 Å².